The number of hydrogen-bond donors (Lipinski definition) is 1. The van der Waals surface area contributed by atoms with E-state index in [1.807, 2.05) is 61.5 Å². The first kappa shape index (κ1) is 28.3. The highest BCUT2D eigenvalue weighted by molar-refractivity contribution is 6.34. The average molecular weight is 591 g/mol. The van der Waals surface area contributed by atoms with Crippen molar-refractivity contribution in [3.05, 3.63) is 106 Å². The van der Waals surface area contributed by atoms with Crippen molar-refractivity contribution in [1.82, 2.24) is 19.7 Å². The van der Waals surface area contributed by atoms with Crippen molar-refractivity contribution >= 4 is 50.7 Å². The van der Waals surface area contributed by atoms with E-state index >= 15 is 0 Å². The number of anilines is 1. The molecule has 9 heteroatoms. The summed E-state index contributed by atoms with van der Waals surface area (Å²) in [4.78, 5) is 34.5. The zero-order valence-electron chi connectivity index (χ0n) is 24.3. The minimum atomic E-state index is -0.388. The van der Waals surface area contributed by atoms with Gasteiger partial charge in [0.2, 0.25) is 5.91 Å². The minimum absolute atomic E-state index is 0.0324. The Kier molecular flexibility index (Phi) is 7.28. The quantitative estimate of drug-likeness (QED) is 0.175. The van der Waals surface area contributed by atoms with Crippen LogP contribution in [0.2, 0.25) is 5.02 Å². The number of carbonyl (C=O) groups is 1. The first-order valence-corrected chi connectivity index (χ1v) is 14.6. The number of fused-ring (bicyclic) bond motifs is 2. The number of carbonyl (C=O) groups excluding carboxylic acids is 1. The lowest BCUT2D eigenvalue weighted by molar-refractivity contribution is -0.126. The monoisotopic (exact) mass is 590 g/mol. The van der Waals surface area contributed by atoms with Crippen LogP contribution in [-0.4, -0.2) is 51.2 Å². The summed E-state index contributed by atoms with van der Waals surface area (Å²) < 4.78 is 1.67. The molecule has 2 aromatic heterocycles. The van der Waals surface area contributed by atoms with Crippen molar-refractivity contribution in [2.45, 2.75) is 32.7 Å². The maximum atomic E-state index is 14.5. The van der Waals surface area contributed by atoms with Crippen LogP contribution >= 0.6 is 11.6 Å². The van der Waals surface area contributed by atoms with Gasteiger partial charge in [-0.25, -0.2) is 4.85 Å². The Labute approximate surface area is 254 Å². The zero-order chi connectivity index (χ0) is 30.4. The summed E-state index contributed by atoms with van der Waals surface area (Å²) in [6.45, 7) is 19.3. The maximum Gasteiger partial charge on any atom is 0.274 e. The number of aromatic nitrogens is 3. The molecule has 216 valence electrons. The summed E-state index contributed by atoms with van der Waals surface area (Å²) >= 11 is 7.04. The summed E-state index contributed by atoms with van der Waals surface area (Å²) in [5.41, 5.74) is 5.14. The van der Waals surface area contributed by atoms with Crippen LogP contribution in [0.5, 0.6) is 0 Å². The second kappa shape index (κ2) is 11.1. The highest BCUT2D eigenvalue weighted by Gasteiger charge is 2.31. The molecule has 0 unspecified atom stereocenters. The molecule has 0 saturated carbocycles. The summed E-state index contributed by atoms with van der Waals surface area (Å²) in [6, 6.07) is 17.4. The Balaban J connectivity index is 1.67. The lowest BCUT2D eigenvalue weighted by Crippen LogP contribution is -2.53. The minimum Gasteiger partial charge on any atom is -0.373 e. The predicted molar refractivity (Wildman–Crippen MR) is 174 cm³/mol. The molecule has 1 saturated heterocycles. The van der Waals surface area contributed by atoms with Gasteiger partial charge in [-0.15, -0.1) is 0 Å². The van der Waals surface area contributed by atoms with Gasteiger partial charge in [0.1, 0.15) is 0 Å². The molecule has 6 rings (SSSR count). The molecule has 1 amide bonds. The first-order chi connectivity index (χ1) is 20.7. The SMILES string of the molecule is [C-]#[N+]c1c(N2CCN(C(=O)C=C)C[C@@H]2C)c2cc(Cl)c(-c3ccc4[nH]ncc4c3)cc2n(-c2ccccc2C(C)C)c1=O. The Bertz CT molecular complexity index is 2020. The lowest BCUT2D eigenvalue weighted by Gasteiger charge is -2.42. The van der Waals surface area contributed by atoms with Crippen molar-refractivity contribution in [1.29, 1.82) is 0 Å². The number of hydrogen-bond acceptors (Lipinski definition) is 4. The average Bonchev–Trinajstić information content (AvgIpc) is 3.48. The molecule has 0 aliphatic carbocycles. The lowest BCUT2D eigenvalue weighted by atomic mass is 9.98. The van der Waals surface area contributed by atoms with E-state index in [4.69, 9.17) is 18.2 Å². The van der Waals surface area contributed by atoms with Crippen molar-refractivity contribution in [3.63, 3.8) is 0 Å². The van der Waals surface area contributed by atoms with Gasteiger partial charge in [-0.2, -0.15) is 5.10 Å². The largest absolute Gasteiger partial charge is 0.373 e. The summed E-state index contributed by atoms with van der Waals surface area (Å²) in [6.07, 6.45) is 3.08. The van der Waals surface area contributed by atoms with E-state index in [1.165, 1.54) is 6.08 Å². The normalized spacial score (nSPS) is 15.3. The fourth-order valence-electron chi connectivity index (χ4n) is 6.14. The van der Waals surface area contributed by atoms with Crippen LogP contribution in [0.25, 0.3) is 43.5 Å². The van der Waals surface area contributed by atoms with Crippen LogP contribution in [0.1, 0.15) is 32.3 Å². The second-order valence-electron chi connectivity index (χ2n) is 11.2. The molecule has 0 bridgehead atoms. The molecule has 43 heavy (non-hydrogen) atoms. The van der Waals surface area contributed by atoms with Crippen molar-refractivity contribution in [2.75, 3.05) is 24.5 Å². The fraction of sp³-hybridized carbons (Fsp3) is 0.235. The van der Waals surface area contributed by atoms with Gasteiger partial charge in [0, 0.05) is 47.0 Å². The molecule has 3 heterocycles. The molecule has 1 aliphatic rings. The van der Waals surface area contributed by atoms with Gasteiger partial charge in [-0.05, 0) is 60.4 Å². The van der Waals surface area contributed by atoms with Crippen LogP contribution in [0, 0.1) is 6.57 Å². The van der Waals surface area contributed by atoms with Gasteiger partial charge >= 0.3 is 0 Å². The second-order valence-corrected chi connectivity index (χ2v) is 11.6. The van der Waals surface area contributed by atoms with E-state index in [2.05, 4.69) is 40.4 Å². The van der Waals surface area contributed by atoms with Crippen LogP contribution in [0.15, 0.2) is 78.2 Å². The summed E-state index contributed by atoms with van der Waals surface area (Å²) in [5.74, 6) is 0.00438. The number of nitrogens with zero attached hydrogens (tertiary/aromatic N) is 5. The predicted octanol–water partition coefficient (Wildman–Crippen LogP) is 7.08. The van der Waals surface area contributed by atoms with Crippen LogP contribution in [0.4, 0.5) is 11.4 Å². The smallest absolute Gasteiger partial charge is 0.274 e. The van der Waals surface area contributed by atoms with Gasteiger partial charge in [0.05, 0.1) is 35.2 Å². The highest BCUT2D eigenvalue weighted by atomic mass is 35.5. The van der Waals surface area contributed by atoms with Gasteiger partial charge < -0.3 is 9.80 Å². The standard InChI is InChI=1S/C34H31ClN6O2/c1-6-31(42)39-13-14-40(21(4)19-39)33-26-16-27(35)25(22-11-12-28-23(15-22)18-37-38-28)17-30(26)41(34(43)32(33)36-5)29-10-8-7-9-24(29)20(2)3/h6-12,15-18,20-21H,1,13-14,19H2,2-4H3,(H,37,38)/t21-/m0/s1. The highest BCUT2D eigenvalue weighted by Crippen LogP contribution is 2.42. The molecule has 5 aromatic rings. The fourth-order valence-corrected chi connectivity index (χ4v) is 6.41. The Morgan fingerprint density at radius 2 is 1.98 bits per heavy atom. The number of nitrogens with one attached hydrogen (secondary N) is 1. The maximum absolute atomic E-state index is 14.5. The van der Waals surface area contributed by atoms with Gasteiger partial charge in [0.25, 0.3) is 11.2 Å². The molecular weight excluding hydrogens is 560 g/mol. The van der Waals surface area contributed by atoms with E-state index in [0.29, 0.717) is 41.2 Å². The number of benzene rings is 3. The Morgan fingerprint density at radius 3 is 2.70 bits per heavy atom. The molecule has 1 fully saturated rings. The molecule has 3 aromatic carbocycles. The van der Waals surface area contributed by atoms with Crippen LogP contribution in [0.3, 0.4) is 0 Å². The van der Waals surface area contributed by atoms with Crippen LogP contribution in [-0.2, 0) is 4.79 Å². The number of piperazine rings is 1. The zero-order valence-corrected chi connectivity index (χ0v) is 25.0. The van der Waals surface area contributed by atoms with Crippen molar-refractivity contribution in [3.8, 4) is 16.8 Å². The summed E-state index contributed by atoms with van der Waals surface area (Å²) in [7, 11) is 0. The molecule has 1 atom stereocenters. The third-order valence-electron chi connectivity index (χ3n) is 8.28. The number of para-hydroxylation sites is 1. The molecule has 0 spiro atoms. The number of amides is 1. The van der Waals surface area contributed by atoms with E-state index < -0.39 is 0 Å². The Hall–Kier alpha value is -4.87. The number of aromatic amines is 1. The number of rotatable bonds is 5. The Morgan fingerprint density at radius 1 is 1.19 bits per heavy atom. The van der Waals surface area contributed by atoms with Gasteiger partial charge in [-0.3, -0.25) is 19.3 Å². The van der Waals surface area contributed by atoms with E-state index in [1.54, 1.807) is 15.7 Å². The van der Waals surface area contributed by atoms with Gasteiger partial charge in [0.15, 0.2) is 0 Å². The van der Waals surface area contributed by atoms with Gasteiger partial charge in [-0.1, -0.05) is 56.3 Å². The first-order valence-electron chi connectivity index (χ1n) is 14.2. The number of H-pyrrole nitrogens is 1. The molecule has 8 nitrogen and oxygen atoms in total. The van der Waals surface area contributed by atoms with Crippen LogP contribution < -0.4 is 10.5 Å². The third kappa shape index (κ3) is 4.76. The van der Waals surface area contributed by atoms with Crippen molar-refractivity contribution < 1.29 is 4.79 Å². The number of halogens is 1. The summed E-state index contributed by atoms with van der Waals surface area (Å²) in [5, 5.41) is 9.28. The van der Waals surface area contributed by atoms with Crippen molar-refractivity contribution in [2.24, 2.45) is 0 Å². The molecule has 1 aliphatic heterocycles. The topological polar surface area (TPSA) is 78.6 Å². The molecule has 1 N–H and O–H groups in total. The third-order valence-corrected chi connectivity index (χ3v) is 8.59. The molecular formula is C34H31ClN6O2. The van der Waals surface area contributed by atoms with E-state index in [-0.39, 0.29) is 29.1 Å². The van der Waals surface area contributed by atoms with E-state index in [9.17, 15) is 9.59 Å². The molecule has 0 radical (unpaired) electrons. The number of pyridine rings is 1. The van der Waals surface area contributed by atoms with E-state index in [0.717, 1.165) is 33.3 Å².